The SMILES string of the molecule is COc1ccc(OC)c(NC(=O)Cc2c(C)[nH]c3ccc(Cl)cc23)c1.O=CO. The molecule has 0 fully saturated rings. The second-order valence-electron chi connectivity index (χ2n) is 5.82. The maximum atomic E-state index is 12.6. The van der Waals surface area contributed by atoms with Crippen LogP contribution in [-0.2, 0) is 16.0 Å². The van der Waals surface area contributed by atoms with Gasteiger partial charge < -0.3 is 24.9 Å². The first-order chi connectivity index (χ1) is 13.4. The van der Waals surface area contributed by atoms with Crippen LogP contribution >= 0.6 is 11.6 Å². The van der Waals surface area contributed by atoms with Gasteiger partial charge >= 0.3 is 0 Å². The minimum atomic E-state index is -0.250. The van der Waals surface area contributed by atoms with Gasteiger partial charge in [0.05, 0.1) is 26.3 Å². The molecule has 0 aliphatic rings. The van der Waals surface area contributed by atoms with Crippen LogP contribution < -0.4 is 14.8 Å². The number of carboxylic acid groups (broad SMARTS) is 1. The fourth-order valence-electron chi connectivity index (χ4n) is 2.85. The van der Waals surface area contributed by atoms with Gasteiger partial charge in [-0.15, -0.1) is 0 Å². The molecule has 0 unspecified atom stereocenters. The van der Waals surface area contributed by atoms with Gasteiger partial charge in [0.1, 0.15) is 11.5 Å². The number of aromatic amines is 1. The Hall–Kier alpha value is -3.19. The normalized spacial score (nSPS) is 10.0. The molecule has 0 saturated heterocycles. The highest BCUT2D eigenvalue weighted by Crippen LogP contribution is 2.30. The first-order valence-electron chi connectivity index (χ1n) is 8.29. The average Bonchev–Trinajstić information content (AvgIpc) is 2.97. The van der Waals surface area contributed by atoms with Crippen molar-refractivity contribution in [1.82, 2.24) is 4.98 Å². The van der Waals surface area contributed by atoms with Gasteiger partial charge in [-0.25, -0.2) is 0 Å². The summed E-state index contributed by atoms with van der Waals surface area (Å²) in [5.41, 5.74) is 3.41. The number of amides is 1. The fourth-order valence-corrected chi connectivity index (χ4v) is 3.02. The molecule has 0 spiro atoms. The number of hydrogen-bond donors (Lipinski definition) is 3. The summed E-state index contributed by atoms with van der Waals surface area (Å²) < 4.78 is 10.5. The molecule has 0 aliphatic carbocycles. The average molecular weight is 405 g/mol. The third-order valence-electron chi connectivity index (χ3n) is 4.10. The van der Waals surface area contributed by atoms with E-state index in [1.165, 1.54) is 0 Å². The number of rotatable bonds is 5. The number of methoxy groups -OCH3 is 2. The van der Waals surface area contributed by atoms with Gasteiger partial charge in [0.2, 0.25) is 5.91 Å². The van der Waals surface area contributed by atoms with E-state index < -0.39 is 0 Å². The highest BCUT2D eigenvalue weighted by Gasteiger charge is 2.15. The lowest BCUT2D eigenvalue weighted by Crippen LogP contribution is -2.15. The second kappa shape index (κ2) is 9.66. The van der Waals surface area contributed by atoms with Crippen LogP contribution in [0.5, 0.6) is 11.5 Å². The molecule has 0 bridgehead atoms. The number of ether oxygens (including phenoxy) is 2. The van der Waals surface area contributed by atoms with Gasteiger partial charge in [-0.3, -0.25) is 9.59 Å². The van der Waals surface area contributed by atoms with Gasteiger partial charge in [-0.2, -0.15) is 0 Å². The molecule has 0 aliphatic heterocycles. The lowest BCUT2D eigenvalue weighted by molar-refractivity contribution is -0.123. The maximum absolute atomic E-state index is 12.6. The second-order valence-corrected chi connectivity index (χ2v) is 6.25. The Morgan fingerprint density at radius 1 is 1.21 bits per heavy atom. The summed E-state index contributed by atoms with van der Waals surface area (Å²) in [7, 11) is 3.13. The molecule has 1 heterocycles. The lowest BCUT2D eigenvalue weighted by Gasteiger charge is -2.12. The Morgan fingerprint density at radius 3 is 2.57 bits per heavy atom. The quantitative estimate of drug-likeness (QED) is 0.557. The van der Waals surface area contributed by atoms with Crippen molar-refractivity contribution in [2.45, 2.75) is 13.3 Å². The van der Waals surface area contributed by atoms with Gasteiger partial charge in [-0.05, 0) is 42.8 Å². The molecule has 8 heteroatoms. The van der Waals surface area contributed by atoms with E-state index in [0.717, 1.165) is 22.2 Å². The number of anilines is 1. The minimum absolute atomic E-state index is 0.143. The molecule has 28 heavy (non-hydrogen) atoms. The molecule has 7 nitrogen and oxygen atoms in total. The molecule has 1 aromatic heterocycles. The Bertz CT molecular complexity index is 984. The van der Waals surface area contributed by atoms with E-state index in [4.69, 9.17) is 31.0 Å². The summed E-state index contributed by atoms with van der Waals surface area (Å²) in [6, 6.07) is 10.9. The van der Waals surface area contributed by atoms with Crippen LogP contribution in [0.3, 0.4) is 0 Å². The molecule has 3 N–H and O–H groups in total. The van der Waals surface area contributed by atoms with E-state index in [2.05, 4.69) is 10.3 Å². The van der Waals surface area contributed by atoms with Crippen LogP contribution in [0.25, 0.3) is 10.9 Å². The zero-order chi connectivity index (χ0) is 20.7. The van der Waals surface area contributed by atoms with Crippen LogP contribution in [-0.4, -0.2) is 36.7 Å². The number of aromatic nitrogens is 1. The molecule has 148 valence electrons. The number of aryl methyl sites for hydroxylation is 1. The van der Waals surface area contributed by atoms with Crippen LogP contribution in [0.2, 0.25) is 5.02 Å². The van der Waals surface area contributed by atoms with E-state index in [0.29, 0.717) is 22.2 Å². The third-order valence-corrected chi connectivity index (χ3v) is 4.33. The van der Waals surface area contributed by atoms with E-state index in [9.17, 15) is 4.79 Å². The van der Waals surface area contributed by atoms with E-state index in [-0.39, 0.29) is 18.8 Å². The summed E-state index contributed by atoms with van der Waals surface area (Å²) in [4.78, 5) is 24.2. The Morgan fingerprint density at radius 2 is 1.93 bits per heavy atom. The van der Waals surface area contributed by atoms with Crippen molar-refractivity contribution < 1.29 is 24.2 Å². The molecule has 2 aromatic carbocycles. The van der Waals surface area contributed by atoms with Gasteiger partial charge in [0, 0.05) is 27.7 Å². The van der Waals surface area contributed by atoms with Crippen molar-refractivity contribution in [3.63, 3.8) is 0 Å². The van der Waals surface area contributed by atoms with Crippen molar-refractivity contribution >= 4 is 40.6 Å². The zero-order valence-corrected chi connectivity index (χ0v) is 16.5. The smallest absolute Gasteiger partial charge is 0.290 e. The van der Waals surface area contributed by atoms with Crippen molar-refractivity contribution in [3.8, 4) is 11.5 Å². The topological polar surface area (TPSA) is 101 Å². The van der Waals surface area contributed by atoms with Gasteiger partial charge in [0.25, 0.3) is 6.47 Å². The number of carbonyl (C=O) groups excluding carboxylic acids is 1. The largest absolute Gasteiger partial charge is 0.497 e. The van der Waals surface area contributed by atoms with Crippen LogP contribution in [0.1, 0.15) is 11.3 Å². The molecule has 0 atom stereocenters. The lowest BCUT2D eigenvalue weighted by atomic mass is 10.1. The maximum Gasteiger partial charge on any atom is 0.290 e. The van der Waals surface area contributed by atoms with Crippen molar-refractivity contribution in [2.75, 3.05) is 19.5 Å². The predicted molar refractivity (Wildman–Crippen MR) is 109 cm³/mol. The number of carbonyl (C=O) groups is 2. The van der Waals surface area contributed by atoms with E-state index >= 15 is 0 Å². The highest BCUT2D eigenvalue weighted by molar-refractivity contribution is 6.31. The number of H-pyrrole nitrogens is 1. The van der Waals surface area contributed by atoms with Gasteiger partial charge in [0.15, 0.2) is 0 Å². The summed E-state index contributed by atoms with van der Waals surface area (Å²) in [6.45, 7) is 1.70. The molecule has 1 amide bonds. The summed E-state index contributed by atoms with van der Waals surface area (Å²) in [5, 5.41) is 11.4. The molecule has 3 rings (SSSR count). The van der Waals surface area contributed by atoms with Crippen LogP contribution in [0.15, 0.2) is 36.4 Å². The molecule has 0 radical (unpaired) electrons. The number of fused-ring (bicyclic) bond motifs is 1. The first kappa shape index (κ1) is 21.1. The van der Waals surface area contributed by atoms with Crippen LogP contribution in [0, 0.1) is 6.92 Å². The Labute approximate surface area is 167 Å². The molecular formula is C20H21ClN2O5. The molecule has 0 saturated carbocycles. The molecule has 3 aromatic rings. The highest BCUT2D eigenvalue weighted by atomic mass is 35.5. The fraction of sp³-hybridized carbons (Fsp3) is 0.200. The van der Waals surface area contributed by atoms with E-state index in [1.807, 2.05) is 25.1 Å². The van der Waals surface area contributed by atoms with Crippen LogP contribution in [0.4, 0.5) is 5.69 Å². The van der Waals surface area contributed by atoms with Crippen molar-refractivity contribution in [3.05, 3.63) is 52.7 Å². The van der Waals surface area contributed by atoms with Crippen molar-refractivity contribution in [1.29, 1.82) is 0 Å². The molecular weight excluding hydrogens is 384 g/mol. The number of hydrogen-bond acceptors (Lipinski definition) is 4. The predicted octanol–water partition coefficient (Wildman–Crippen LogP) is 4.03. The van der Waals surface area contributed by atoms with Crippen molar-refractivity contribution in [2.24, 2.45) is 0 Å². The summed E-state index contributed by atoms with van der Waals surface area (Å²) >= 11 is 6.09. The summed E-state index contributed by atoms with van der Waals surface area (Å²) in [6.07, 6.45) is 0.229. The Kier molecular flexibility index (Phi) is 7.28. The standard InChI is InChI=1S/C19H19ClN2O3.CH2O2/c1-11-14(15-8-12(20)4-6-16(15)21-11)10-19(23)22-17-9-13(24-2)5-7-18(17)25-3;2-1-3/h4-9,21H,10H2,1-3H3,(H,22,23);1H,(H,2,3). The number of benzene rings is 2. The summed E-state index contributed by atoms with van der Waals surface area (Å²) in [5.74, 6) is 1.08. The zero-order valence-electron chi connectivity index (χ0n) is 15.7. The first-order valence-corrected chi connectivity index (χ1v) is 8.67. The number of halogens is 1. The number of nitrogens with one attached hydrogen (secondary N) is 2. The third kappa shape index (κ3) is 4.95. The monoisotopic (exact) mass is 404 g/mol. The van der Waals surface area contributed by atoms with E-state index in [1.54, 1.807) is 32.4 Å². The minimum Gasteiger partial charge on any atom is -0.497 e. The Balaban J connectivity index is 0.000000878. The van der Waals surface area contributed by atoms with Gasteiger partial charge in [-0.1, -0.05) is 11.6 Å².